The Morgan fingerprint density at radius 1 is 1.42 bits per heavy atom. The summed E-state index contributed by atoms with van der Waals surface area (Å²) in [6.45, 7) is 5.99. The largest absolute Gasteiger partial charge is 0.772 e. The van der Waals surface area contributed by atoms with Crippen molar-refractivity contribution in [2.24, 2.45) is 5.92 Å². The van der Waals surface area contributed by atoms with E-state index in [4.69, 9.17) is 0 Å². The van der Waals surface area contributed by atoms with Gasteiger partial charge in [0.1, 0.15) is 0 Å². The summed E-state index contributed by atoms with van der Waals surface area (Å²) in [6.07, 6.45) is 4.30. The topological polar surface area (TPSA) is 40.1 Å². The van der Waals surface area contributed by atoms with Gasteiger partial charge in [-0.15, -0.1) is 0 Å². The third kappa shape index (κ3) is 4.21. The van der Waals surface area contributed by atoms with Crippen LogP contribution in [0.4, 0.5) is 0 Å². The summed E-state index contributed by atoms with van der Waals surface area (Å²) in [5.41, 5.74) is 0. The molecule has 0 spiro atoms. The van der Waals surface area contributed by atoms with Gasteiger partial charge in [-0.3, -0.25) is 4.21 Å². The fourth-order valence-electron chi connectivity index (χ4n) is 1.39. The van der Waals surface area contributed by atoms with Crippen LogP contribution in [0, 0.1) is 5.92 Å². The number of hydrogen-bond donors (Lipinski definition) is 0. The van der Waals surface area contributed by atoms with Gasteiger partial charge in [0, 0.05) is 5.25 Å². The second kappa shape index (κ2) is 6.61. The van der Waals surface area contributed by atoms with Crippen LogP contribution in [0.1, 0.15) is 46.5 Å². The summed E-state index contributed by atoms with van der Waals surface area (Å²) in [6, 6.07) is 0. The predicted molar refractivity (Wildman–Crippen MR) is 51.7 cm³/mol. The molecular formula is C9H19O2S-. The van der Waals surface area contributed by atoms with Crippen LogP contribution >= 0.6 is 0 Å². The Labute approximate surface area is 78.0 Å². The maximum atomic E-state index is 10.7. The molecule has 0 aromatic rings. The minimum absolute atomic E-state index is 0.179. The van der Waals surface area contributed by atoms with Gasteiger partial charge in [0.25, 0.3) is 0 Å². The van der Waals surface area contributed by atoms with Crippen LogP contribution in [-0.2, 0) is 11.1 Å². The Morgan fingerprint density at radius 3 is 2.33 bits per heavy atom. The van der Waals surface area contributed by atoms with Gasteiger partial charge in [-0.2, -0.15) is 0 Å². The molecule has 12 heavy (non-hydrogen) atoms. The van der Waals surface area contributed by atoms with E-state index < -0.39 is 11.1 Å². The van der Waals surface area contributed by atoms with Crippen molar-refractivity contribution in [3.05, 3.63) is 0 Å². The quantitative estimate of drug-likeness (QED) is 0.605. The van der Waals surface area contributed by atoms with Crippen molar-refractivity contribution < 1.29 is 8.76 Å². The van der Waals surface area contributed by atoms with Gasteiger partial charge in [-0.25, -0.2) is 0 Å². The average Bonchev–Trinajstić information content (AvgIpc) is 2.05. The first-order chi connectivity index (χ1) is 5.63. The van der Waals surface area contributed by atoms with E-state index in [2.05, 4.69) is 13.8 Å². The van der Waals surface area contributed by atoms with Gasteiger partial charge in [-0.05, 0) is 12.3 Å². The highest BCUT2D eigenvalue weighted by atomic mass is 32.2. The van der Waals surface area contributed by atoms with Gasteiger partial charge in [0.15, 0.2) is 0 Å². The van der Waals surface area contributed by atoms with E-state index in [1.807, 2.05) is 0 Å². The molecule has 0 aromatic carbocycles. The van der Waals surface area contributed by atoms with Crippen LogP contribution in [-0.4, -0.2) is 14.0 Å². The lowest BCUT2D eigenvalue weighted by Crippen LogP contribution is -2.21. The number of unbranched alkanes of at least 4 members (excludes halogenated alkanes) is 1. The van der Waals surface area contributed by atoms with E-state index in [9.17, 15) is 8.76 Å². The summed E-state index contributed by atoms with van der Waals surface area (Å²) in [4.78, 5) is 0. The van der Waals surface area contributed by atoms with Crippen molar-refractivity contribution in [3.63, 3.8) is 0 Å². The number of rotatable bonds is 6. The molecule has 2 nitrogen and oxygen atoms in total. The van der Waals surface area contributed by atoms with Gasteiger partial charge >= 0.3 is 0 Å². The SMILES string of the molecule is CCCCC(CC)C(C)S(=O)[O-]. The molecule has 0 aromatic heterocycles. The third-order valence-electron chi connectivity index (χ3n) is 2.42. The lowest BCUT2D eigenvalue weighted by Gasteiger charge is -2.24. The van der Waals surface area contributed by atoms with Crippen molar-refractivity contribution in [2.45, 2.75) is 51.7 Å². The fraction of sp³-hybridized carbons (Fsp3) is 1.00. The van der Waals surface area contributed by atoms with E-state index in [-0.39, 0.29) is 5.25 Å². The van der Waals surface area contributed by atoms with Crippen LogP contribution in [0.15, 0.2) is 0 Å². The van der Waals surface area contributed by atoms with Crippen LogP contribution in [0.5, 0.6) is 0 Å². The van der Waals surface area contributed by atoms with E-state index in [1.165, 1.54) is 0 Å². The molecule has 0 aliphatic carbocycles. The highest BCUT2D eigenvalue weighted by Gasteiger charge is 2.14. The average molecular weight is 191 g/mol. The Hall–Kier alpha value is 0.110. The number of hydrogen-bond acceptors (Lipinski definition) is 2. The van der Waals surface area contributed by atoms with Gasteiger partial charge in [-0.1, -0.05) is 51.1 Å². The molecule has 0 saturated heterocycles. The second-order valence-corrected chi connectivity index (χ2v) is 4.54. The van der Waals surface area contributed by atoms with Crippen LogP contribution in [0.2, 0.25) is 0 Å². The summed E-state index contributed by atoms with van der Waals surface area (Å²) >= 11 is -1.89. The zero-order valence-corrected chi connectivity index (χ0v) is 9.02. The highest BCUT2D eigenvalue weighted by Crippen LogP contribution is 2.19. The summed E-state index contributed by atoms with van der Waals surface area (Å²) in [7, 11) is 0. The van der Waals surface area contributed by atoms with Crippen molar-refractivity contribution in [1.29, 1.82) is 0 Å². The first kappa shape index (κ1) is 12.1. The second-order valence-electron chi connectivity index (χ2n) is 3.28. The summed E-state index contributed by atoms with van der Waals surface area (Å²) < 4.78 is 21.3. The maximum absolute atomic E-state index is 10.7. The van der Waals surface area contributed by atoms with Crippen molar-refractivity contribution in [1.82, 2.24) is 0 Å². The molecule has 3 atom stereocenters. The molecule has 0 radical (unpaired) electrons. The third-order valence-corrected chi connectivity index (χ3v) is 3.41. The molecule has 0 rings (SSSR count). The van der Waals surface area contributed by atoms with Crippen molar-refractivity contribution in [3.8, 4) is 0 Å². The van der Waals surface area contributed by atoms with Crippen molar-refractivity contribution >= 4 is 11.1 Å². The molecule has 0 heterocycles. The lowest BCUT2D eigenvalue weighted by atomic mass is 9.96. The van der Waals surface area contributed by atoms with E-state index in [0.29, 0.717) is 5.92 Å². The van der Waals surface area contributed by atoms with Gasteiger partial charge in [0.05, 0.1) is 0 Å². The molecule has 0 N–H and O–H groups in total. The molecule has 0 saturated carbocycles. The Balaban J connectivity index is 3.87. The maximum Gasteiger partial charge on any atom is 0.0215 e. The van der Waals surface area contributed by atoms with E-state index >= 15 is 0 Å². The van der Waals surface area contributed by atoms with E-state index in [1.54, 1.807) is 6.92 Å². The first-order valence-electron chi connectivity index (χ1n) is 4.71. The molecular weight excluding hydrogens is 172 g/mol. The first-order valence-corrected chi connectivity index (χ1v) is 5.85. The predicted octanol–water partition coefficient (Wildman–Crippen LogP) is 2.47. The Morgan fingerprint density at radius 2 is 2.00 bits per heavy atom. The Bertz CT molecular complexity index is 136. The summed E-state index contributed by atoms with van der Waals surface area (Å²) in [5, 5.41) is -0.179. The minimum atomic E-state index is -1.89. The Kier molecular flexibility index (Phi) is 6.67. The van der Waals surface area contributed by atoms with Gasteiger partial charge in [0.2, 0.25) is 0 Å². The normalized spacial score (nSPS) is 18.7. The fourth-order valence-corrected chi connectivity index (χ4v) is 2.04. The molecule has 0 fully saturated rings. The molecule has 74 valence electrons. The molecule has 3 heteroatoms. The molecule has 3 unspecified atom stereocenters. The highest BCUT2D eigenvalue weighted by molar-refractivity contribution is 7.79. The lowest BCUT2D eigenvalue weighted by molar-refractivity contribution is 0.419. The van der Waals surface area contributed by atoms with E-state index in [0.717, 1.165) is 25.7 Å². The van der Waals surface area contributed by atoms with Crippen LogP contribution < -0.4 is 0 Å². The minimum Gasteiger partial charge on any atom is -0.772 e. The zero-order chi connectivity index (χ0) is 9.56. The van der Waals surface area contributed by atoms with Crippen LogP contribution in [0.25, 0.3) is 0 Å². The molecule has 0 aliphatic heterocycles. The van der Waals surface area contributed by atoms with Gasteiger partial charge < -0.3 is 4.55 Å². The van der Waals surface area contributed by atoms with Crippen molar-refractivity contribution in [2.75, 3.05) is 0 Å². The van der Waals surface area contributed by atoms with Crippen LogP contribution in [0.3, 0.4) is 0 Å². The zero-order valence-electron chi connectivity index (χ0n) is 8.21. The molecule has 0 aliphatic rings. The smallest absolute Gasteiger partial charge is 0.0215 e. The summed E-state index contributed by atoms with van der Waals surface area (Å²) in [5.74, 6) is 0.350. The molecule has 0 amide bonds. The molecule has 0 bridgehead atoms. The monoisotopic (exact) mass is 191 g/mol. The standard InChI is InChI=1S/C9H20O2S/c1-4-6-7-9(5-2)8(3)12(10)11/h8-9H,4-7H2,1-3H3,(H,10,11)/p-1.